The number of rotatable bonds is 4. The Morgan fingerprint density at radius 2 is 1.57 bits per heavy atom. The molecule has 0 fully saturated rings. The molecule has 1 aliphatic heterocycles. The molecule has 1 heterocycles. The van der Waals surface area contributed by atoms with Crippen LogP contribution in [0.2, 0.25) is 0 Å². The minimum atomic E-state index is -0.196. The molecule has 28 heavy (non-hydrogen) atoms. The van der Waals surface area contributed by atoms with E-state index in [1.165, 1.54) is 16.7 Å². The highest BCUT2D eigenvalue weighted by molar-refractivity contribution is 5.99. The van der Waals surface area contributed by atoms with E-state index in [4.69, 9.17) is 14.5 Å². The number of fused-ring (bicyclic) bond motifs is 1. The highest BCUT2D eigenvalue weighted by Gasteiger charge is 2.34. The van der Waals surface area contributed by atoms with Crippen molar-refractivity contribution >= 4 is 5.90 Å². The van der Waals surface area contributed by atoms with Gasteiger partial charge in [0.05, 0.1) is 12.6 Å². The molecule has 0 bridgehead atoms. The predicted octanol–water partition coefficient (Wildman–Crippen LogP) is 6.39. The van der Waals surface area contributed by atoms with Crippen molar-refractivity contribution in [1.82, 2.24) is 0 Å². The molecule has 1 aliphatic rings. The van der Waals surface area contributed by atoms with Gasteiger partial charge in [0, 0.05) is 11.1 Å². The molecule has 150 valence electrons. The summed E-state index contributed by atoms with van der Waals surface area (Å²) in [4.78, 5) is 5.08. The molecule has 0 radical (unpaired) electrons. The summed E-state index contributed by atoms with van der Waals surface area (Å²) in [5.74, 6) is 1.61. The molecule has 0 aromatic heterocycles. The van der Waals surface area contributed by atoms with E-state index in [1.807, 2.05) is 12.1 Å². The second-order valence-electron chi connectivity index (χ2n) is 9.76. The van der Waals surface area contributed by atoms with Crippen LogP contribution in [0, 0.1) is 19.3 Å². The van der Waals surface area contributed by atoms with Gasteiger partial charge in [0.1, 0.15) is 5.75 Å². The first-order valence-corrected chi connectivity index (χ1v) is 10.0. The van der Waals surface area contributed by atoms with Crippen LogP contribution in [0.3, 0.4) is 0 Å². The Morgan fingerprint density at radius 3 is 2.14 bits per heavy atom. The molecule has 3 rings (SSSR count). The molecule has 0 spiro atoms. The first kappa shape index (κ1) is 20.4. The molecular weight excluding hydrogens is 346 g/mol. The van der Waals surface area contributed by atoms with Gasteiger partial charge in [0.25, 0.3) is 0 Å². The van der Waals surface area contributed by atoms with Gasteiger partial charge in [-0.2, -0.15) is 0 Å². The van der Waals surface area contributed by atoms with Crippen molar-refractivity contribution in [3.05, 3.63) is 64.2 Å². The molecule has 2 aromatic carbocycles. The molecule has 3 heteroatoms. The van der Waals surface area contributed by atoms with E-state index >= 15 is 0 Å². The second kappa shape index (κ2) is 7.27. The first-order valence-electron chi connectivity index (χ1n) is 10.0. The molecular formula is C25H33NO2. The topological polar surface area (TPSA) is 30.8 Å². The summed E-state index contributed by atoms with van der Waals surface area (Å²) in [7, 11) is 1.69. The highest BCUT2D eigenvalue weighted by atomic mass is 16.5. The van der Waals surface area contributed by atoms with E-state index in [0.717, 1.165) is 29.2 Å². The van der Waals surface area contributed by atoms with Crippen LogP contribution < -0.4 is 4.74 Å². The fourth-order valence-corrected chi connectivity index (χ4v) is 4.20. The van der Waals surface area contributed by atoms with Crippen LogP contribution in [0.1, 0.15) is 75.0 Å². The maximum atomic E-state index is 6.46. The first-order chi connectivity index (χ1) is 13.0. The summed E-state index contributed by atoms with van der Waals surface area (Å²) in [6.07, 6.45) is 0.852. The van der Waals surface area contributed by atoms with Gasteiger partial charge in [0.2, 0.25) is 5.90 Å². The van der Waals surface area contributed by atoms with Gasteiger partial charge < -0.3 is 9.47 Å². The molecule has 3 nitrogen and oxygen atoms in total. The molecule has 0 amide bonds. The zero-order valence-corrected chi connectivity index (χ0v) is 18.5. The van der Waals surface area contributed by atoms with Crippen molar-refractivity contribution in [3.8, 4) is 5.75 Å². The van der Waals surface area contributed by atoms with Crippen molar-refractivity contribution in [2.24, 2.45) is 10.4 Å². The van der Waals surface area contributed by atoms with Crippen LogP contribution in [0.15, 0.2) is 41.4 Å². The number of nitrogens with zero attached hydrogens (tertiary/aromatic N) is 1. The average Bonchev–Trinajstić information content (AvgIpc) is 2.90. The maximum absolute atomic E-state index is 6.46. The van der Waals surface area contributed by atoms with Crippen LogP contribution in [0.25, 0.3) is 0 Å². The zero-order chi connectivity index (χ0) is 20.7. The minimum Gasteiger partial charge on any atom is -0.497 e. The summed E-state index contributed by atoms with van der Waals surface area (Å²) >= 11 is 0. The van der Waals surface area contributed by atoms with E-state index in [1.54, 1.807) is 7.11 Å². The predicted molar refractivity (Wildman–Crippen MR) is 117 cm³/mol. The fraction of sp³-hybridized carbons (Fsp3) is 0.480. The lowest BCUT2D eigenvalue weighted by Crippen LogP contribution is -2.26. The molecule has 0 aliphatic carbocycles. The largest absolute Gasteiger partial charge is 0.497 e. The Labute approximate surface area is 169 Å². The number of aliphatic imine (C=N–C) groups is 1. The van der Waals surface area contributed by atoms with Gasteiger partial charge in [-0.15, -0.1) is 0 Å². The SMILES string of the molecule is COc1ccc(C2OC(=NC(C)(C)CC(C)(C)C)c3cc(C)c(C)cc32)cc1. The van der Waals surface area contributed by atoms with Crippen molar-refractivity contribution in [3.63, 3.8) is 0 Å². The summed E-state index contributed by atoms with van der Waals surface area (Å²) in [6.45, 7) is 15.4. The average molecular weight is 380 g/mol. The summed E-state index contributed by atoms with van der Waals surface area (Å²) in [5, 5.41) is 0. The number of hydrogen-bond acceptors (Lipinski definition) is 3. The lowest BCUT2D eigenvalue weighted by atomic mass is 9.82. The molecule has 0 saturated carbocycles. The summed E-state index contributed by atoms with van der Waals surface area (Å²) in [5.41, 5.74) is 5.97. The smallest absolute Gasteiger partial charge is 0.218 e. The summed E-state index contributed by atoms with van der Waals surface area (Å²) < 4.78 is 11.8. The fourth-order valence-electron chi connectivity index (χ4n) is 4.20. The summed E-state index contributed by atoms with van der Waals surface area (Å²) in [6, 6.07) is 12.6. The Hall–Kier alpha value is -2.29. The number of aryl methyl sites for hydroxylation is 2. The van der Waals surface area contributed by atoms with Crippen LogP contribution >= 0.6 is 0 Å². The van der Waals surface area contributed by atoms with Crippen LogP contribution in [-0.4, -0.2) is 18.5 Å². The van der Waals surface area contributed by atoms with Gasteiger partial charge in [-0.05, 0) is 74.4 Å². The molecule has 0 N–H and O–H groups in total. The zero-order valence-electron chi connectivity index (χ0n) is 18.5. The highest BCUT2D eigenvalue weighted by Crippen LogP contribution is 2.40. The van der Waals surface area contributed by atoms with Gasteiger partial charge in [-0.3, -0.25) is 0 Å². The van der Waals surface area contributed by atoms with Gasteiger partial charge in [-0.25, -0.2) is 4.99 Å². The van der Waals surface area contributed by atoms with E-state index in [2.05, 4.69) is 72.7 Å². The van der Waals surface area contributed by atoms with Crippen LogP contribution in [0.4, 0.5) is 0 Å². The van der Waals surface area contributed by atoms with Gasteiger partial charge in [-0.1, -0.05) is 39.0 Å². The monoisotopic (exact) mass is 379 g/mol. The number of benzene rings is 2. The Balaban J connectivity index is 2.05. The number of methoxy groups -OCH3 is 1. The van der Waals surface area contributed by atoms with Crippen molar-refractivity contribution in [2.45, 2.75) is 66.5 Å². The van der Waals surface area contributed by atoms with Gasteiger partial charge in [0.15, 0.2) is 6.10 Å². The van der Waals surface area contributed by atoms with Crippen molar-refractivity contribution in [2.75, 3.05) is 7.11 Å². The number of ether oxygens (including phenoxy) is 2. The maximum Gasteiger partial charge on any atom is 0.218 e. The standard InChI is InChI=1S/C25H33NO2/c1-16-13-20-21(14-17(16)2)23(26-25(6,7)15-24(3,4)5)28-22(20)18-9-11-19(27-8)12-10-18/h9-14,22H,15H2,1-8H3. The quantitative estimate of drug-likeness (QED) is 0.616. The van der Waals surface area contributed by atoms with Crippen LogP contribution in [-0.2, 0) is 4.74 Å². The molecule has 1 unspecified atom stereocenters. The van der Waals surface area contributed by atoms with Crippen molar-refractivity contribution < 1.29 is 9.47 Å². The third-order valence-electron chi connectivity index (χ3n) is 5.19. The molecule has 0 saturated heterocycles. The molecule has 1 atom stereocenters. The minimum absolute atomic E-state index is 0.135. The van der Waals surface area contributed by atoms with E-state index in [-0.39, 0.29) is 17.1 Å². The Morgan fingerprint density at radius 1 is 0.964 bits per heavy atom. The second-order valence-corrected chi connectivity index (χ2v) is 9.76. The lowest BCUT2D eigenvalue weighted by molar-refractivity contribution is 0.239. The van der Waals surface area contributed by atoms with Crippen molar-refractivity contribution in [1.29, 1.82) is 0 Å². The third kappa shape index (κ3) is 4.40. The third-order valence-corrected chi connectivity index (χ3v) is 5.19. The van der Waals surface area contributed by atoms with E-state index in [0.29, 0.717) is 0 Å². The van der Waals surface area contributed by atoms with Gasteiger partial charge >= 0.3 is 0 Å². The lowest BCUT2D eigenvalue weighted by Gasteiger charge is -2.29. The Bertz CT molecular complexity index is 886. The van der Waals surface area contributed by atoms with E-state index < -0.39 is 0 Å². The normalized spacial score (nSPS) is 18.1. The Kier molecular flexibility index (Phi) is 5.31. The molecule has 2 aromatic rings. The van der Waals surface area contributed by atoms with Crippen LogP contribution in [0.5, 0.6) is 5.75 Å². The number of hydrogen-bond donors (Lipinski definition) is 0. The van der Waals surface area contributed by atoms with E-state index in [9.17, 15) is 0 Å².